The Morgan fingerprint density at radius 1 is 0.950 bits per heavy atom. The average molecular weight is 260 g/mol. The second kappa shape index (κ2) is 5.13. The SMILES string of the molecule is C=CCCC1(c2ccccc2)C(C)=C1c1ccccc1. The van der Waals surface area contributed by atoms with Gasteiger partial charge in [0.15, 0.2) is 0 Å². The van der Waals surface area contributed by atoms with Gasteiger partial charge in [-0.15, -0.1) is 6.58 Å². The zero-order chi connectivity index (χ0) is 14.0. The van der Waals surface area contributed by atoms with E-state index in [1.807, 2.05) is 6.08 Å². The maximum atomic E-state index is 3.89. The van der Waals surface area contributed by atoms with E-state index in [0.717, 1.165) is 12.8 Å². The summed E-state index contributed by atoms with van der Waals surface area (Å²) in [5.74, 6) is 0. The third-order valence-corrected chi connectivity index (χ3v) is 4.43. The van der Waals surface area contributed by atoms with Crippen molar-refractivity contribution in [3.63, 3.8) is 0 Å². The van der Waals surface area contributed by atoms with Gasteiger partial charge < -0.3 is 0 Å². The van der Waals surface area contributed by atoms with Gasteiger partial charge in [-0.3, -0.25) is 0 Å². The van der Waals surface area contributed by atoms with Crippen LogP contribution in [-0.4, -0.2) is 0 Å². The van der Waals surface area contributed by atoms with Crippen LogP contribution in [0.2, 0.25) is 0 Å². The molecule has 0 nitrogen and oxygen atoms in total. The fraction of sp³-hybridized carbons (Fsp3) is 0.200. The van der Waals surface area contributed by atoms with Gasteiger partial charge in [0.2, 0.25) is 0 Å². The summed E-state index contributed by atoms with van der Waals surface area (Å²) in [6.45, 7) is 6.17. The maximum absolute atomic E-state index is 3.89. The standard InChI is InChI=1S/C20H20/c1-3-4-15-20(18-13-9-6-10-14-18)16(2)19(20)17-11-7-5-8-12-17/h3,5-14H,1,4,15H2,2H3. The van der Waals surface area contributed by atoms with Gasteiger partial charge in [-0.1, -0.05) is 72.3 Å². The number of benzene rings is 2. The molecule has 2 aromatic rings. The number of hydrogen-bond acceptors (Lipinski definition) is 0. The first-order valence-electron chi connectivity index (χ1n) is 7.24. The van der Waals surface area contributed by atoms with Crippen molar-refractivity contribution in [2.75, 3.05) is 0 Å². The van der Waals surface area contributed by atoms with Crippen LogP contribution in [0, 0.1) is 0 Å². The van der Waals surface area contributed by atoms with Crippen LogP contribution in [0.4, 0.5) is 0 Å². The van der Waals surface area contributed by atoms with Gasteiger partial charge in [0.1, 0.15) is 0 Å². The lowest BCUT2D eigenvalue weighted by atomic mass is 9.82. The van der Waals surface area contributed by atoms with Crippen molar-refractivity contribution in [2.45, 2.75) is 25.2 Å². The second-order valence-corrected chi connectivity index (χ2v) is 5.46. The van der Waals surface area contributed by atoms with Gasteiger partial charge in [-0.05, 0) is 36.5 Å². The smallest absolute Gasteiger partial charge is 0.0423 e. The molecule has 0 amide bonds. The van der Waals surface area contributed by atoms with Crippen LogP contribution in [0.5, 0.6) is 0 Å². The van der Waals surface area contributed by atoms with Gasteiger partial charge in [-0.25, -0.2) is 0 Å². The van der Waals surface area contributed by atoms with Gasteiger partial charge >= 0.3 is 0 Å². The first-order valence-corrected chi connectivity index (χ1v) is 7.24. The van der Waals surface area contributed by atoms with Crippen molar-refractivity contribution in [3.8, 4) is 0 Å². The summed E-state index contributed by atoms with van der Waals surface area (Å²) in [6, 6.07) is 21.6. The Morgan fingerprint density at radius 2 is 1.55 bits per heavy atom. The van der Waals surface area contributed by atoms with E-state index in [-0.39, 0.29) is 5.41 Å². The minimum atomic E-state index is 0.136. The van der Waals surface area contributed by atoms with Crippen molar-refractivity contribution >= 4 is 5.57 Å². The van der Waals surface area contributed by atoms with E-state index >= 15 is 0 Å². The van der Waals surface area contributed by atoms with Crippen LogP contribution in [-0.2, 0) is 5.41 Å². The van der Waals surface area contributed by atoms with E-state index in [9.17, 15) is 0 Å². The fourth-order valence-electron chi connectivity index (χ4n) is 3.38. The molecule has 2 aromatic carbocycles. The van der Waals surface area contributed by atoms with Gasteiger partial charge in [0.05, 0.1) is 0 Å². The van der Waals surface area contributed by atoms with Crippen LogP contribution in [0.1, 0.15) is 30.9 Å². The predicted octanol–water partition coefficient (Wildman–Crippen LogP) is 5.38. The first kappa shape index (κ1) is 12.9. The summed E-state index contributed by atoms with van der Waals surface area (Å²) < 4.78 is 0. The number of rotatable bonds is 5. The predicted molar refractivity (Wildman–Crippen MR) is 86.6 cm³/mol. The molecule has 0 radical (unpaired) electrons. The Hall–Kier alpha value is -2.08. The fourth-order valence-corrected chi connectivity index (χ4v) is 3.38. The van der Waals surface area contributed by atoms with E-state index in [1.165, 1.54) is 22.3 Å². The highest BCUT2D eigenvalue weighted by Crippen LogP contribution is 2.62. The van der Waals surface area contributed by atoms with Crippen molar-refractivity contribution in [2.24, 2.45) is 0 Å². The molecule has 0 aromatic heterocycles. The highest BCUT2D eigenvalue weighted by atomic mass is 14.5. The quantitative estimate of drug-likeness (QED) is 0.633. The molecule has 0 bridgehead atoms. The van der Waals surface area contributed by atoms with Gasteiger partial charge in [-0.2, -0.15) is 0 Å². The molecule has 0 aliphatic heterocycles. The molecule has 0 saturated carbocycles. The maximum Gasteiger partial charge on any atom is 0.0423 e. The molecule has 0 heteroatoms. The van der Waals surface area contributed by atoms with Crippen LogP contribution in [0.3, 0.4) is 0 Å². The highest BCUT2D eigenvalue weighted by molar-refractivity contribution is 5.95. The molecule has 0 N–H and O–H groups in total. The molecular weight excluding hydrogens is 240 g/mol. The third kappa shape index (κ3) is 1.92. The molecule has 0 spiro atoms. The van der Waals surface area contributed by atoms with Gasteiger partial charge in [0, 0.05) is 5.41 Å². The summed E-state index contributed by atoms with van der Waals surface area (Å²) in [6.07, 6.45) is 4.19. The number of allylic oxidation sites excluding steroid dienone is 3. The van der Waals surface area contributed by atoms with Crippen LogP contribution >= 0.6 is 0 Å². The molecule has 1 aliphatic rings. The van der Waals surface area contributed by atoms with E-state index in [0.29, 0.717) is 0 Å². The van der Waals surface area contributed by atoms with Crippen molar-refractivity contribution in [3.05, 3.63) is 90.0 Å². The first-order chi connectivity index (χ1) is 9.80. The Labute approximate surface area is 121 Å². The van der Waals surface area contributed by atoms with Crippen LogP contribution < -0.4 is 0 Å². The number of hydrogen-bond donors (Lipinski definition) is 0. The molecule has 20 heavy (non-hydrogen) atoms. The summed E-state index contributed by atoms with van der Waals surface area (Å²) in [5, 5.41) is 0. The van der Waals surface area contributed by atoms with Crippen LogP contribution in [0.15, 0.2) is 78.9 Å². The Bertz CT molecular complexity index is 634. The second-order valence-electron chi connectivity index (χ2n) is 5.46. The normalized spacial score (nSPS) is 20.9. The summed E-state index contributed by atoms with van der Waals surface area (Å²) in [4.78, 5) is 0. The molecule has 0 fully saturated rings. The van der Waals surface area contributed by atoms with Crippen molar-refractivity contribution in [1.29, 1.82) is 0 Å². The van der Waals surface area contributed by atoms with Crippen LogP contribution in [0.25, 0.3) is 5.57 Å². The van der Waals surface area contributed by atoms with Crippen molar-refractivity contribution in [1.82, 2.24) is 0 Å². The molecule has 0 heterocycles. The third-order valence-electron chi connectivity index (χ3n) is 4.43. The van der Waals surface area contributed by atoms with E-state index < -0.39 is 0 Å². The lowest BCUT2D eigenvalue weighted by Crippen LogP contribution is -2.12. The highest BCUT2D eigenvalue weighted by Gasteiger charge is 2.51. The van der Waals surface area contributed by atoms with E-state index in [2.05, 4.69) is 74.2 Å². The molecule has 100 valence electrons. The molecule has 3 rings (SSSR count). The summed E-state index contributed by atoms with van der Waals surface area (Å²) in [7, 11) is 0. The largest absolute Gasteiger partial charge is 0.103 e. The van der Waals surface area contributed by atoms with Gasteiger partial charge in [0.25, 0.3) is 0 Å². The Morgan fingerprint density at radius 3 is 2.15 bits per heavy atom. The summed E-state index contributed by atoms with van der Waals surface area (Å²) >= 11 is 0. The molecule has 1 atom stereocenters. The van der Waals surface area contributed by atoms with E-state index in [4.69, 9.17) is 0 Å². The zero-order valence-corrected chi connectivity index (χ0v) is 12.0. The lowest BCUT2D eigenvalue weighted by Gasteiger charge is -2.20. The summed E-state index contributed by atoms with van der Waals surface area (Å²) in [5.41, 5.74) is 5.93. The molecule has 1 unspecified atom stereocenters. The lowest BCUT2D eigenvalue weighted by molar-refractivity contribution is 0.671. The Kier molecular flexibility index (Phi) is 3.31. The molecule has 0 saturated heterocycles. The minimum absolute atomic E-state index is 0.136. The van der Waals surface area contributed by atoms with Crippen molar-refractivity contribution < 1.29 is 0 Å². The minimum Gasteiger partial charge on any atom is -0.103 e. The van der Waals surface area contributed by atoms with E-state index in [1.54, 1.807) is 0 Å². The monoisotopic (exact) mass is 260 g/mol. The average Bonchev–Trinajstić information content (AvgIpc) is 3.12. The molecular formula is C20H20. The zero-order valence-electron chi connectivity index (χ0n) is 12.0. The Balaban J connectivity index is 2.01. The topological polar surface area (TPSA) is 0 Å². The molecule has 1 aliphatic carbocycles.